The minimum atomic E-state index is -4.14. The Kier molecular flexibility index (Phi) is 8.60. The molecule has 3 aromatic carbocycles. The van der Waals surface area contributed by atoms with Gasteiger partial charge >= 0.3 is 0 Å². The molecule has 0 aliphatic carbocycles. The number of benzene rings is 3. The third kappa shape index (κ3) is 7.10. The van der Waals surface area contributed by atoms with Gasteiger partial charge in [-0.05, 0) is 71.0 Å². The van der Waals surface area contributed by atoms with Crippen LogP contribution in [-0.4, -0.2) is 38.9 Å². The first-order valence-corrected chi connectivity index (χ1v) is 13.4. The van der Waals surface area contributed by atoms with Crippen LogP contribution < -0.4 is 19.7 Å². The zero-order valence-corrected chi connectivity index (χ0v) is 22.6. The van der Waals surface area contributed by atoms with Crippen molar-refractivity contribution in [2.45, 2.75) is 45.1 Å². The van der Waals surface area contributed by atoms with Gasteiger partial charge in [0.25, 0.3) is 15.9 Å². The van der Waals surface area contributed by atoms with Crippen molar-refractivity contribution in [1.29, 1.82) is 0 Å². The van der Waals surface area contributed by atoms with Gasteiger partial charge in [-0.15, -0.1) is 0 Å². The molecule has 0 atom stereocenters. The molecule has 8 nitrogen and oxygen atoms in total. The van der Waals surface area contributed by atoms with E-state index in [4.69, 9.17) is 4.74 Å². The Balaban J connectivity index is 1.98. The van der Waals surface area contributed by atoms with Gasteiger partial charge < -0.3 is 15.4 Å². The highest BCUT2D eigenvalue weighted by atomic mass is 32.2. The highest BCUT2D eigenvalue weighted by Crippen LogP contribution is 2.32. The van der Waals surface area contributed by atoms with Crippen LogP contribution in [-0.2, 0) is 14.8 Å². The Morgan fingerprint density at radius 3 is 2.19 bits per heavy atom. The van der Waals surface area contributed by atoms with E-state index >= 15 is 0 Å². The molecule has 9 heteroatoms. The average molecular weight is 524 g/mol. The summed E-state index contributed by atoms with van der Waals surface area (Å²) in [6, 6.07) is 19.6. The maximum Gasteiger partial charge on any atom is 0.264 e. The Morgan fingerprint density at radius 1 is 0.919 bits per heavy atom. The summed E-state index contributed by atoms with van der Waals surface area (Å²) in [4.78, 5) is 26.1. The zero-order valence-electron chi connectivity index (χ0n) is 21.7. The van der Waals surface area contributed by atoms with Gasteiger partial charge in [-0.1, -0.05) is 42.0 Å². The zero-order chi connectivity index (χ0) is 27.2. The molecule has 0 aliphatic heterocycles. The van der Waals surface area contributed by atoms with E-state index in [1.807, 2.05) is 27.7 Å². The number of rotatable bonds is 9. The molecule has 0 saturated carbocycles. The van der Waals surface area contributed by atoms with Gasteiger partial charge in [0.05, 0.1) is 28.4 Å². The number of sulfonamides is 1. The predicted octanol–water partition coefficient (Wildman–Crippen LogP) is 4.76. The van der Waals surface area contributed by atoms with Crippen LogP contribution in [0.4, 0.5) is 11.4 Å². The summed E-state index contributed by atoms with van der Waals surface area (Å²) in [7, 11) is -4.14. The number of carbonyl (C=O) groups is 2. The van der Waals surface area contributed by atoms with Crippen molar-refractivity contribution in [1.82, 2.24) is 5.32 Å². The monoisotopic (exact) mass is 523 g/mol. The molecule has 0 spiro atoms. The number of hydrogen-bond donors (Lipinski definition) is 2. The van der Waals surface area contributed by atoms with Gasteiger partial charge in [-0.25, -0.2) is 8.42 Å². The Morgan fingerprint density at radius 2 is 1.54 bits per heavy atom. The van der Waals surface area contributed by atoms with Crippen LogP contribution in [0.25, 0.3) is 0 Å². The molecular formula is C28H33N3O5S. The largest absolute Gasteiger partial charge is 0.492 e. The van der Waals surface area contributed by atoms with Gasteiger partial charge in [0.2, 0.25) is 5.91 Å². The number of ether oxygens (including phenoxy) is 1. The van der Waals surface area contributed by atoms with Gasteiger partial charge in [-0.2, -0.15) is 0 Å². The van der Waals surface area contributed by atoms with E-state index in [1.165, 1.54) is 12.1 Å². The molecule has 0 bridgehead atoms. The number of nitrogens with zero attached hydrogens (tertiary/aromatic N) is 1. The fourth-order valence-corrected chi connectivity index (χ4v) is 5.03. The SMILES string of the molecule is CCOc1ccccc1N(CC(=O)Nc1ccccc1C(=O)NC(C)(C)C)S(=O)(=O)c1ccc(C)cc1. The first-order chi connectivity index (χ1) is 17.4. The lowest BCUT2D eigenvalue weighted by atomic mass is 10.1. The topological polar surface area (TPSA) is 105 Å². The highest BCUT2D eigenvalue weighted by molar-refractivity contribution is 7.92. The predicted molar refractivity (Wildman–Crippen MR) is 146 cm³/mol. The van der Waals surface area contributed by atoms with E-state index in [9.17, 15) is 18.0 Å². The number of para-hydroxylation sites is 3. The number of nitrogens with one attached hydrogen (secondary N) is 2. The lowest BCUT2D eigenvalue weighted by Gasteiger charge is -2.26. The molecule has 0 unspecified atom stereocenters. The van der Waals surface area contributed by atoms with E-state index in [2.05, 4.69) is 10.6 Å². The standard InChI is InChI=1S/C28H33N3O5S/c1-6-36-25-14-10-9-13-24(25)31(37(34,35)21-17-15-20(2)16-18-21)19-26(32)29-23-12-8-7-11-22(23)27(33)30-28(3,4)5/h7-18H,6,19H2,1-5H3,(H,29,32)(H,30,33). The smallest absolute Gasteiger partial charge is 0.264 e. The normalized spacial score (nSPS) is 11.5. The molecule has 0 saturated heterocycles. The molecule has 0 aromatic heterocycles. The Bertz CT molecular complexity index is 1360. The van der Waals surface area contributed by atoms with Crippen LogP contribution in [0.15, 0.2) is 77.7 Å². The summed E-state index contributed by atoms with van der Waals surface area (Å²) in [5, 5.41) is 5.59. The van der Waals surface area contributed by atoms with Gasteiger partial charge in [0.15, 0.2) is 0 Å². The molecule has 2 amide bonds. The van der Waals surface area contributed by atoms with Crippen molar-refractivity contribution in [2.24, 2.45) is 0 Å². The maximum absolute atomic E-state index is 13.7. The molecule has 37 heavy (non-hydrogen) atoms. The van der Waals surface area contributed by atoms with Crippen molar-refractivity contribution < 1.29 is 22.7 Å². The van der Waals surface area contributed by atoms with Crippen molar-refractivity contribution >= 4 is 33.2 Å². The molecule has 3 rings (SSSR count). The number of anilines is 2. The molecule has 0 heterocycles. The summed E-state index contributed by atoms with van der Waals surface area (Å²) in [5.41, 5.74) is 1.21. The van der Waals surface area contributed by atoms with Crippen molar-refractivity contribution in [3.05, 3.63) is 83.9 Å². The van der Waals surface area contributed by atoms with E-state index in [0.717, 1.165) is 9.87 Å². The van der Waals surface area contributed by atoms with Gasteiger partial charge in [0, 0.05) is 5.54 Å². The number of amides is 2. The van der Waals surface area contributed by atoms with E-state index in [-0.39, 0.29) is 27.7 Å². The molecular weight excluding hydrogens is 490 g/mol. The van der Waals surface area contributed by atoms with Crippen molar-refractivity contribution in [3.8, 4) is 5.75 Å². The fourth-order valence-electron chi connectivity index (χ4n) is 3.60. The van der Waals surface area contributed by atoms with E-state index < -0.39 is 28.0 Å². The van der Waals surface area contributed by atoms with Gasteiger partial charge in [0.1, 0.15) is 12.3 Å². The van der Waals surface area contributed by atoms with Crippen LogP contribution in [0.5, 0.6) is 5.75 Å². The number of aryl methyl sites for hydroxylation is 1. The van der Waals surface area contributed by atoms with Crippen LogP contribution in [0.3, 0.4) is 0 Å². The summed E-state index contributed by atoms with van der Waals surface area (Å²) in [5.74, 6) is -0.634. The average Bonchev–Trinajstić information content (AvgIpc) is 2.83. The second-order valence-corrected chi connectivity index (χ2v) is 11.4. The molecule has 196 valence electrons. The third-order valence-corrected chi connectivity index (χ3v) is 7.04. The third-order valence-electron chi connectivity index (χ3n) is 5.26. The molecule has 2 N–H and O–H groups in total. The lowest BCUT2D eigenvalue weighted by molar-refractivity contribution is -0.114. The first-order valence-electron chi connectivity index (χ1n) is 11.9. The summed E-state index contributed by atoms with van der Waals surface area (Å²) >= 11 is 0. The quantitative estimate of drug-likeness (QED) is 0.421. The lowest BCUT2D eigenvalue weighted by Crippen LogP contribution is -2.41. The molecule has 0 fully saturated rings. The van der Waals surface area contributed by atoms with Crippen molar-refractivity contribution in [3.63, 3.8) is 0 Å². The second-order valence-electron chi connectivity index (χ2n) is 9.52. The summed E-state index contributed by atoms with van der Waals surface area (Å²) < 4.78 is 34.2. The number of carbonyl (C=O) groups excluding carboxylic acids is 2. The van der Waals surface area contributed by atoms with Crippen LogP contribution in [0, 0.1) is 6.92 Å². The van der Waals surface area contributed by atoms with Crippen molar-refractivity contribution in [2.75, 3.05) is 22.8 Å². The molecule has 0 radical (unpaired) electrons. The van der Waals surface area contributed by atoms with E-state index in [1.54, 1.807) is 67.6 Å². The van der Waals surface area contributed by atoms with Crippen LogP contribution in [0.2, 0.25) is 0 Å². The van der Waals surface area contributed by atoms with Gasteiger partial charge in [-0.3, -0.25) is 13.9 Å². The second kappa shape index (κ2) is 11.5. The minimum Gasteiger partial charge on any atom is -0.492 e. The summed E-state index contributed by atoms with van der Waals surface area (Å²) in [6.07, 6.45) is 0. The van der Waals surface area contributed by atoms with Crippen LogP contribution >= 0.6 is 0 Å². The Hall–Kier alpha value is -3.85. The maximum atomic E-state index is 13.7. The summed E-state index contributed by atoms with van der Waals surface area (Å²) in [6.45, 7) is 9.01. The highest BCUT2D eigenvalue weighted by Gasteiger charge is 2.30. The van der Waals surface area contributed by atoms with E-state index in [0.29, 0.717) is 12.4 Å². The number of hydrogen-bond acceptors (Lipinski definition) is 5. The molecule has 0 aliphatic rings. The Labute approximate surface area is 218 Å². The fraction of sp³-hybridized carbons (Fsp3) is 0.286. The first kappa shape index (κ1) is 27.7. The van der Waals surface area contributed by atoms with Crippen LogP contribution in [0.1, 0.15) is 43.6 Å². The molecule has 3 aromatic rings. The minimum absolute atomic E-state index is 0.0437.